The molecule has 10 heteroatoms. The van der Waals surface area contributed by atoms with Crippen LogP contribution in [0.3, 0.4) is 0 Å². The van der Waals surface area contributed by atoms with Gasteiger partial charge in [0.2, 0.25) is 0 Å². The molecule has 0 aromatic rings. The van der Waals surface area contributed by atoms with E-state index in [2.05, 4.69) is 0 Å². The minimum absolute atomic E-state index is 0.535. The number of hydrogen-bond donors (Lipinski definition) is 0. The van der Waals surface area contributed by atoms with Crippen LogP contribution in [0.1, 0.15) is 12.8 Å². The molecule has 0 aromatic carbocycles. The van der Waals surface area contributed by atoms with Crippen molar-refractivity contribution in [2.75, 3.05) is 21.1 Å². The monoisotopic (exact) mass is 306 g/mol. The van der Waals surface area contributed by atoms with Crippen molar-refractivity contribution in [3.8, 4) is 0 Å². The lowest BCUT2D eigenvalue weighted by Crippen LogP contribution is -2.67. The average Bonchev–Trinajstić information content (AvgIpc) is 2.11. The molecule has 0 aliphatic heterocycles. The molecule has 0 fully saturated rings. The molecule has 0 heterocycles. The first kappa shape index (κ1) is 18.3. The van der Waals surface area contributed by atoms with E-state index >= 15 is 0 Å². The van der Waals surface area contributed by atoms with Gasteiger partial charge in [-0.1, -0.05) is 0 Å². The van der Waals surface area contributed by atoms with E-state index in [9.17, 15) is 39.5 Å². The smallest absolute Gasteiger partial charge is 0.265 e. The van der Waals surface area contributed by atoms with Crippen LogP contribution in [-0.2, 0) is 0 Å². The molecular weight excluding hydrogens is 293 g/mol. The van der Waals surface area contributed by atoms with E-state index in [0.717, 1.165) is 0 Å². The lowest BCUT2D eigenvalue weighted by molar-refractivity contribution is -0.975. The summed E-state index contributed by atoms with van der Waals surface area (Å²) in [6.07, 6.45) is -9.81. The average molecular weight is 306 g/mol. The first-order chi connectivity index (χ1) is 7.96. The van der Waals surface area contributed by atoms with Crippen LogP contribution in [0.15, 0.2) is 0 Å². The number of halogens is 9. The van der Waals surface area contributed by atoms with Crippen molar-refractivity contribution in [2.24, 2.45) is 0 Å². The molecule has 0 N–H and O–H groups in total. The Morgan fingerprint density at radius 2 is 1.05 bits per heavy atom. The van der Waals surface area contributed by atoms with Crippen molar-refractivity contribution in [3.05, 3.63) is 0 Å². The van der Waals surface area contributed by atoms with Gasteiger partial charge in [-0.15, -0.1) is 8.78 Å². The zero-order valence-electron chi connectivity index (χ0n) is 10.3. The second-order valence-electron chi connectivity index (χ2n) is 4.95. The van der Waals surface area contributed by atoms with Gasteiger partial charge in [0.05, 0.1) is 21.1 Å². The van der Waals surface area contributed by atoms with Crippen LogP contribution in [0.2, 0.25) is 0 Å². The van der Waals surface area contributed by atoms with Crippen LogP contribution in [0.5, 0.6) is 0 Å². The highest BCUT2D eigenvalue weighted by Gasteiger charge is 2.78. The zero-order chi connectivity index (χ0) is 15.9. The Morgan fingerprint density at radius 3 is 1.32 bits per heavy atom. The molecule has 0 amide bonds. The Labute approximate surface area is 103 Å². The molecule has 19 heavy (non-hydrogen) atoms. The highest BCUT2D eigenvalue weighted by atomic mass is 19.4. The van der Waals surface area contributed by atoms with Gasteiger partial charge in [-0.3, -0.25) is 4.48 Å². The van der Waals surface area contributed by atoms with Gasteiger partial charge in [-0.05, 0) is 0 Å². The summed E-state index contributed by atoms with van der Waals surface area (Å²) in [4.78, 5) is 0. The fourth-order valence-corrected chi connectivity index (χ4v) is 1.10. The predicted molar refractivity (Wildman–Crippen MR) is 48.2 cm³/mol. The Hall–Kier alpha value is -0.670. The molecule has 116 valence electrons. The molecule has 0 unspecified atom stereocenters. The zero-order valence-corrected chi connectivity index (χ0v) is 10.3. The van der Waals surface area contributed by atoms with Gasteiger partial charge in [0.15, 0.2) is 0 Å². The molecule has 0 aliphatic rings. The molecule has 1 nitrogen and oxygen atoms in total. The minimum Gasteiger partial charge on any atom is -0.265 e. The maximum Gasteiger partial charge on any atom is 0.460 e. The summed E-state index contributed by atoms with van der Waals surface area (Å²) in [7, 11) is 1.61. The highest BCUT2D eigenvalue weighted by molar-refractivity contribution is 4.92. The lowest BCUT2D eigenvalue weighted by atomic mass is 10.0. The number of rotatable bonds is 5. The first-order valence-corrected chi connectivity index (χ1v) is 4.97. The van der Waals surface area contributed by atoms with Gasteiger partial charge in [0.25, 0.3) is 0 Å². The second-order valence-corrected chi connectivity index (χ2v) is 4.95. The molecule has 0 aliphatic carbocycles. The van der Waals surface area contributed by atoms with Crippen molar-refractivity contribution in [1.82, 2.24) is 0 Å². The lowest BCUT2D eigenvalue weighted by Gasteiger charge is -2.40. The second kappa shape index (κ2) is 4.71. The molecule has 0 saturated heterocycles. The molecule has 0 rings (SSSR count). The van der Waals surface area contributed by atoms with Crippen LogP contribution in [0, 0.1) is 0 Å². The molecule has 0 saturated carbocycles. The summed E-state index contributed by atoms with van der Waals surface area (Å²) in [6.45, 7) is 0. The molecule has 0 bridgehead atoms. The Morgan fingerprint density at radius 1 is 0.684 bits per heavy atom. The van der Waals surface area contributed by atoms with Crippen LogP contribution in [-0.4, -0.2) is 49.7 Å². The summed E-state index contributed by atoms with van der Waals surface area (Å²) in [5.74, 6) is -11.4. The molecule has 0 aromatic heterocycles. The topological polar surface area (TPSA) is 0 Å². The molecular formula is C9H13F9N+. The highest BCUT2D eigenvalue weighted by Crippen LogP contribution is 2.51. The summed E-state index contributed by atoms with van der Waals surface area (Å²) in [5, 5.41) is 0. The standard InChI is InChI=1S/C9H13F9N/c1-19(2,3)9(17,18)8(15,16)6(10,11)4-5-7(12,13)14/h4-5H2,1-3H3/q+1. The Balaban J connectivity index is 5.28. The number of hydrogen-bond acceptors (Lipinski definition) is 0. The summed E-state index contributed by atoms with van der Waals surface area (Å²) in [6, 6.07) is -5.22. The van der Waals surface area contributed by atoms with Gasteiger partial charge < -0.3 is 0 Å². The van der Waals surface area contributed by atoms with Gasteiger partial charge in [0, 0.05) is 12.8 Å². The van der Waals surface area contributed by atoms with Crippen molar-refractivity contribution < 1.29 is 44.0 Å². The van der Waals surface area contributed by atoms with Gasteiger partial charge >= 0.3 is 24.1 Å². The molecule has 0 spiro atoms. The fraction of sp³-hybridized carbons (Fsp3) is 1.00. The van der Waals surface area contributed by atoms with Crippen LogP contribution in [0.4, 0.5) is 39.5 Å². The minimum atomic E-state index is -5.90. The fourth-order valence-electron chi connectivity index (χ4n) is 1.10. The quantitative estimate of drug-likeness (QED) is 0.410. The molecule has 0 atom stereocenters. The van der Waals surface area contributed by atoms with E-state index in [4.69, 9.17) is 0 Å². The van der Waals surface area contributed by atoms with Gasteiger partial charge in [-0.25, -0.2) is 0 Å². The SMILES string of the molecule is C[N+](C)(C)C(F)(F)C(F)(F)C(F)(F)CCC(F)(F)F. The largest absolute Gasteiger partial charge is 0.460 e. The van der Waals surface area contributed by atoms with E-state index < -0.39 is 41.4 Å². The van der Waals surface area contributed by atoms with Crippen LogP contribution >= 0.6 is 0 Å². The van der Waals surface area contributed by atoms with E-state index in [-0.39, 0.29) is 0 Å². The summed E-state index contributed by atoms with van der Waals surface area (Å²) in [5.41, 5.74) is 0. The van der Waals surface area contributed by atoms with Gasteiger partial charge in [0.1, 0.15) is 0 Å². The van der Waals surface area contributed by atoms with E-state index in [1.165, 1.54) is 0 Å². The van der Waals surface area contributed by atoms with Gasteiger partial charge in [-0.2, -0.15) is 30.7 Å². The third-order valence-corrected chi connectivity index (χ3v) is 2.40. The maximum absolute atomic E-state index is 13.3. The third-order valence-electron chi connectivity index (χ3n) is 2.40. The maximum atomic E-state index is 13.3. The predicted octanol–water partition coefficient (Wildman–Crippen LogP) is 3.90. The Bertz CT molecular complexity index is 313. The molecule has 0 radical (unpaired) electrons. The summed E-state index contributed by atoms with van der Waals surface area (Å²) >= 11 is 0. The van der Waals surface area contributed by atoms with Crippen molar-refractivity contribution in [2.45, 2.75) is 36.9 Å². The number of alkyl halides is 9. The number of quaternary nitrogens is 1. The van der Waals surface area contributed by atoms with Crippen molar-refractivity contribution in [3.63, 3.8) is 0 Å². The first-order valence-electron chi connectivity index (χ1n) is 4.97. The van der Waals surface area contributed by atoms with Crippen molar-refractivity contribution >= 4 is 0 Å². The van der Waals surface area contributed by atoms with E-state index in [0.29, 0.717) is 21.1 Å². The summed E-state index contributed by atoms with van der Waals surface area (Å²) < 4.78 is 112. The van der Waals surface area contributed by atoms with Crippen LogP contribution in [0.25, 0.3) is 0 Å². The van der Waals surface area contributed by atoms with E-state index in [1.54, 1.807) is 0 Å². The normalized spacial score (nSPS) is 15.8. The Kier molecular flexibility index (Phi) is 4.54. The third kappa shape index (κ3) is 3.67. The van der Waals surface area contributed by atoms with Crippen molar-refractivity contribution in [1.29, 1.82) is 0 Å². The van der Waals surface area contributed by atoms with Crippen LogP contribution < -0.4 is 0 Å². The van der Waals surface area contributed by atoms with E-state index in [1.807, 2.05) is 0 Å². The number of nitrogens with zero attached hydrogens (tertiary/aromatic N) is 1.